The van der Waals surface area contributed by atoms with Crippen molar-refractivity contribution in [1.29, 1.82) is 0 Å². The number of imide groups is 1. The van der Waals surface area contributed by atoms with Crippen LogP contribution in [-0.4, -0.2) is 37.4 Å². The van der Waals surface area contributed by atoms with E-state index in [0.717, 1.165) is 16.0 Å². The van der Waals surface area contributed by atoms with Crippen LogP contribution in [-0.2, 0) is 10.0 Å². The Morgan fingerprint density at radius 3 is 2.12 bits per heavy atom. The molecule has 2 aromatic carbocycles. The van der Waals surface area contributed by atoms with Gasteiger partial charge in [-0.05, 0) is 43.2 Å². The zero-order chi connectivity index (χ0) is 18.2. The van der Waals surface area contributed by atoms with E-state index in [0.29, 0.717) is 16.8 Å². The normalized spacial score (nSPS) is 13.9. The zero-order valence-corrected chi connectivity index (χ0v) is 14.8. The van der Waals surface area contributed by atoms with E-state index in [1.54, 1.807) is 36.4 Å². The van der Waals surface area contributed by atoms with Crippen molar-refractivity contribution in [3.8, 4) is 0 Å². The van der Waals surface area contributed by atoms with Crippen LogP contribution in [0.2, 0.25) is 0 Å². The predicted octanol–water partition coefficient (Wildman–Crippen LogP) is 2.34. The molecule has 0 atom stereocenters. The lowest BCUT2D eigenvalue weighted by molar-refractivity contribution is 0.0664. The van der Waals surface area contributed by atoms with E-state index >= 15 is 0 Å². The lowest BCUT2D eigenvalue weighted by Gasteiger charge is -2.16. The molecule has 0 saturated heterocycles. The summed E-state index contributed by atoms with van der Waals surface area (Å²) in [6.07, 6.45) is 0. The first-order valence-electron chi connectivity index (χ1n) is 7.82. The van der Waals surface area contributed by atoms with E-state index in [4.69, 9.17) is 0 Å². The number of carbonyl (C=O) groups excluding carboxylic acids is 2. The lowest BCUT2D eigenvalue weighted by atomic mass is 10.1. The van der Waals surface area contributed by atoms with Crippen LogP contribution >= 0.6 is 0 Å². The fourth-order valence-corrected chi connectivity index (χ4v) is 3.82. The molecule has 25 heavy (non-hydrogen) atoms. The molecule has 3 rings (SSSR count). The van der Waals surface area contributed by atoms with Gasteiger partial charge in [-0.15, -0.1) is 0 Å². The maximum absolute atomic E-state index is 12.3. The molecule has 7 heteroatoms. The van der Waals surface area contributed by atoms with Crippen molar-refractivity contribution in [3.05, 3.63) is 64.7 Å². The van der Waals surface area contributed by atoms with Crippen LogP contribution in [0.5, 0.6) is 0 Å². The van der Waals surface area contributed by atoms with E-state index in [9.17, 15) is 18.0 Å². The molecule has 0 saturated carbocycles. The molecule has 2 aromatic rings. The zero-order valence-electron chi connectivity index (χ0n) is 13.9. The van der Waals surface area contributed by atoms with Crippen molar-refractivity contribution in [1.82, 2.24) is 4.90 Å². The molecule has 0 bridgehead atoms. The number of aryl methyl sites for hydroxylation is 1. The molecule has 1 aliphatic rings. The summed E-state index contributed by atoms with van der Waals surface area (Å²) >= 11 is 0. The lowest BCUT2D eigenvalue weighted by Crippen LogP contribution is -2.35. The number of benzene rings is 2. The number of amides is 2. The number of hydrogen-bond donors (Lipinski definition) is 1. The van der Waals surface area contributed by atoms with Crippen molar-refractivity contribution < 1.29 is 18.0 Å². The predicted molar refractivity (Wildman–Crippen MR) is 95.1 cm³/mol. The third-order valence-electron chi connectivity index (χ3n) is 4.33. The maximum Gasteiger partial charge on any atom is 0.261 e. The monoisotopic (exact) mass is 358 g/mol. The molecule has 130 valence electrons. The SMILES string of the molecule is Cc1cccc(NS(=O)(=O)CCN2C(=O)c3ccccc3C2=O)c1C. The fourth-order valence-electron chi connectivity index (χ4n) is 2.73. The summed E-state index contributed by atoms with van der Waals surface area (Å²) in [7, 11) is -3.69. The highest BCUT2D eigenvalue weighted by molar-refractivity contribution is 7.92. The van der Waals surface area contributed by atoms with Crippen LogP contribution in [0.4, 0.5) is 5.69 Å². The van der Waals surface area contributed by atoms with Gasteiger partial charge >= 0.3 is 0 Å². The second-order valence-corrected chi connectivity index (χ2v) is 7.82. The van der Waals surface area contributed by atoms with Crippen LogP contribution in [0.1, 0.15) is 31.8 Å². The molecule has 0 unspecified atom stereocenters. The van der Waals surface area contributed by atoms with Gasteiger partial charge in [0.25, 0.3) is 11.8 Å². The molecular formula is C18H18N2O4S. The van der Waals surface area contributed by atoms with E-state index in [1.807, 2.05) is 19.9 Å². The molecule has 2 amide bonds. The summed E-state index contributed by atoms with van der Waals surface area (Å²) in [6.45, 7) is 3.54. The number of carbonyl (C=O) groups is 2. The van der Waals surface area contributed by atoms with Gasteiger partial charge < -0.3 is 0 Å². The third-order valence-corrected chi connectivity index (χ3v) is 5.58. The second-order valence-electron chi connectivity index (χ2n) is 5.98. The summed E-state index contributed by atoms with van der Waals surface area (Å²) < 4.78 is 27.2. The van der Waals surface area contributed by atoms with Crippen LogP contribution in [0.3, 0.4) is 0 Å². The Morgan fingerprint density at radius 1 is 0.920 bits per heavy atom. The van der Waals surface area contributed by atoms with Gasteiger partial charge in [0.1, 0.15) is 0 Å². The van der Waals surface area contributed by atoms with Gasteiger partial charge in [-0.25, -0.2) is 8.42 Å². The van der Waals surface area contributed by atoms with Gasteiger partial charge in [-0.2, -0.15) is 0 Å². The fraction of sp³-hybridized carbons (Fsp3) is 0.222. The van der Waals surface area contributed by atoms with Gasteiger partial charge in [-0.3, -0.25) is 19.2 Å². The molecule has 0 radical (unpaired) electrons. The Labute approximate surface area is 146 Å². The number of rotatable bonds is 5. The summed E-state index contributed by atoms with van der Waals surface area (Å²) in [6, 6.07) is 11.8. The Kier molecular flexibility index (Phi) is 4.34. The van der Waals surface area contributed by atoms with Crippen LogP contribution in [0, 0.1) is 13.8 Å². The van der Waals surface area contributed by atoms with E-state index < -0.39 is 21.8 Å². The number of nitrogens with one attached hydrogen (secondary N) is 1. The second kappa shape index (κ2) is 6.33. The first kappa shape index (κ1) is 17.2. The van der Waals surface area contributed by atoms with Crippen molar-refractivity contribution in [2.45, 2.75) is 13.8 Å². The minimum Gasteiger partial charge on any atom is -0.283 e. The van der Waals surface area contributed by atoms with Crippen LogP contribution in [0.15, 0.2) is 42.5 Å². The Hall–Kier alpha value is -2.67. The summed E-state index contributed by atoms with van der Waals surface area (Å²) in [5, 5.41) is 0. The van der Waals surface area contributed by atoms with Crippen molar-refractivity contribution in [2.24, 2.45) is 0 Å². The highest BCUT2D eigenvalue weighted by Gasteiger charge is 2.35. The maximum atomic E-state index is 12.3. The molecule has 0 spiro atoms. The van der Waals surface area contributed by atoms with E-state index in [1.165, 1.54) is 0 Å². The first-order chi connectivity index (χ1) is 11.8. The minimum absolute atomic E-state index is 0.188. The van der Waals surface area contributed by atoms with Crippen LogP contribution < -0.4 is 4.72 Å². The molecule has 0 aromatic heterocycles. The Bertz CT molecular complexity index is 932. The van der Waals surface area contributed by atoms with E-state index in [-0.39, 0.29) is 12.3 Å². The minimum atomic E-state index is -3.69. The number of anilines is 1. The number of sulfonamides is 1. The first-order valence-corrected chi connectivity index (χ1v) is 9.47. The van der Waals surface area contributed by atoms with Gasteiger partial charge in [0, 0.05) is 6.54 Å². The van der Waals surface area contributed by atoms with Crippen molar-refractivity contribution in [3.63, 3.8) is 0 Å². The topological polar surface area (TPSA) is 83.6 Å². The van der Waals surface area contributed by atoms with Gasteiger partial charge in [0.15, 0.2) is 0 Å². The van der Waals surface area contributed by atoms with Gasteiger partial charge in [0.05, 0.1) is 22.6 Å². The molecule has 0 aliphatic carbocycles. The highest BCUT2D eigenvalue weighted by Crippen LogP contribution is 2.23. The highest BCUT2D eigenvalue weighted by atomic mass is 32.2. The number of hydrogen-bond acceptors (Lipinski definition) is 4. The molecule has 1 aliphatic heterocycles. The summed E-state index contributed by atoms with van der Waals surface area (Å²) in [5.41, 5.74) is 2.94. The standard InChI is InChI=1S/C18H18N2O4S/c1-12-6-5-9-16(13(12)2)19-25(23,24)11-10-20-17(21)14-7-3-4-8-15(14)18(20)22/h3-9,19H,10-11H2,1-2H3. The Morgan fingerprint density at radius 2 is 1.52 bits per heavy atom. The molecule has 6 nitrogen and oxygen atoms in total. The average Bonchev–Trinajstić information content (AvgIpc) is 2.82. The van der Waals surface area contributed by atoms with E-state index in [2.05, 4.69) is 4.72 Å². The summed E-state index contributed by atoms with van der Waals surface area (Å²) in [4.78, 5) is 25.5. The summed E-state index contributed by atoms with van der Waals surface area (Å²) in [5.74, 6) is -1.27. The quantitative estimate of drug-likeness (QED) is 0.832. The van der Waals surface area contributed by atoms with Gasteiger partial charge in [0.2, 0.25) is 10.0 Å². The third kappa shape index (κ3) is 3.28. The number of nitrogens with zero attached hydrogens (tertiary/aromatic N) is 1. The average molecular weight is 358 g/mol. The largest absolute Gasteiger partial charge is 0.283 e. The molecule has 1 N–H and O–H groups in total. The van der Waals surface area contributed by atoms with Crippen LogP contribution in [0.25, 0.3) is 0 Å². The molecule has 1 heterocycles. The number of fused-ring (bicyclic) bond motifs is 1. The molecule has 0 fully saturated rings. The smallest absolute Gasteiger partial charge is 0.261 e. The van der Waals surface area contributed by atoms with Crippen molar-refractivity contribution >= 4 is 27.5 Å². The van der Waals surface area contributed by atoms with Crippen molar-refractivity contribution in [2.75, 3.05) is 17.0 Å². The van der Waals surface area contributed by atoms with Gasteiger partial charge in [-0.1, -0.05) is 24.3 Å². The Balaban J connectivity index is 1.72. The molecular weight excluding hydrogens is 340 g/mol.